The number of hydrogen-bond acceptors (Lipinski definition) is 5. The van der Waals surface area contributed by atoms with Crippen LogP contribution in [0.3, 0.4) is 0 Å². The normalized spacial score (nSPS) is 11.1. The van der Waals surface area contributed by atoms with Gasteiger partial charge in [0.05, 0.1) is 7.11 Å². The highest BCUT2D eigenvalue weighted by atomic mass is 16.5. The van der Waals surface area contributed by atoms with E-state index < -0.39 is 0 Å². The molecule has 0 atom stereocenters. The Hall–Kier alpha value is -1.36. The lowest BCUT2D eigenvalue weighted by atomic mass is 10.1. The lowest BCUT2D eigenvalue weighted by molar-refractivity contribution is 0.392. The molecule has 0 unspecified atom stereocenters. The third-order valence-electron chi connectivity index (χ3n) is 1.83. The highest BCUT2D eigenvalue weighted by Crippen LogP contribution is 2.12. The molecule has 1 aromatic heterocycles. The molecule has 1 heterocycles. The summed E-state index contributed by atoms with van der Waals surface area (Å²) in [5.74, 6) is 1.20. The van der Waals surface area contributed by atoms with Crippen LogP contribution in [0.2, 0.25) is 0 Å². The quantitative estimate of drug-likeness (QED) is 0.739. The summed E-state index contributed by atoms with van der Waals surface area (Å²) in [5.41, 5.74) is 5.40. The number of anilines is 1. The minimum atomic E-state index is -0.177. The van der Waals surface area contributed by atoms with Crippen LogP contribution in [0.5, 0.6) is 5.88 Å². The van der Waals surface area contributed by atoms with E-state index in [2.05, 4.69) is 15.5 Å². The average Bonchev–Trinajstić information content (AvgIpc) is 2.19. The first-order chi connectivity index (χ1) is 6.57. The lowest BCUT2D eigenvalue weighted by Crippen LogP contribution is -2.39. The van der Waals surface area contributed by atoms with Crippen LogP contribution in [-0.2, 0) is 0 Å². The molecule has 0 saturated carbocycles. The number of hydrogen-bond donors (Lipinski definition) is 2. The van der Waals surface area contributed by atoms with Crippen LogP contribution in [-0.4, -0.2) is 29.4 Å². The molecule has 5 nitrogen and oxygen atoms in total. The number of nitrogens with two attached hydrogens (primary N) is 1. The van der Waals surface area contributed by atoms with Crippen LogP contribution in [0.25, 0.3) is 0 Å². The number of methoxy groups -OCH3 is 1. The van der Waals surface area contributed by atoms with Gasteiger partial charge < -0.3 is 15.8 Å². The van der Waals surface area contributed by atoms with Gasteiger partial charge in [-0.3, -0.25) is 0 Å². The van der Waals surface area contributed by atoms with E-state index in [-0.39, 0.29) is 5.54 Å². The van der Waals surface area contributed by atoms with Gasteiger partial charge >= 0.3 is 0 Å². The second-order valence-corrected chi connectivity index (χ2v) is 3.67. The molecule has 0 aliphatic heterocycles. The molecule has 0 amide bonds. The summed E-state index contributed by atoms with van der Waals surface area (Å²) in [4.78, 5) is 0. The first-order valence-corrected chi connectivity index (χ1v) is 4.43. The number of rotatable bonds is 4. The number of nitrogens with zero attached hydrogens (tertiary/aromatic N) is 2. The molecule has 1 aromatic rings. The van der Waals surface area contributed by atoms with E-state index in [9.17, 15) is 0 Å². The van der Waals surface area contributed by atoms with E-state index in [4.69, 9.17) is 10.5 Å². The van der Waals surface area contributed by atoms with Crippen LogP contribution in [0.4, 0.5) is 5.82 Å². The topological polar surface area (TPSA) is 73.1 Å². The molecular formula is C9H16N4O. The van der Waals surface area contributed by atoms with Gasteiger partial charge in [0.25, 0.3) is 0 Å². The smallest absolute Gasteiger partial charge is 0.233 e. The Morgan fingerprint density at radius 2 is 2.14 bits per heavy atom. The van der Waals surface area contributed by atoms with Crippen LogP contribution < -0.4 is 15.8 Å². The Kier molecular flexibility index (Phi) is 3.24. The monoisotopic (exact) mass is 196 g/mol. The van der Waals surface area contributed by atoms with E-state index in [0.29, 0.717) is 18.2 Å². The van der Waals surface area contributed by atoms with Crippen molar-refractivity contribution in [3.8, 4) is 5.88 Å². The van der Waals surface area contributed by atoms with Crippen molar-refractivity contribution in [2.45, 2.75) is 19.4 Å². The summed E-state index contributed by atoms with van der Waals surface area (Å²) in [6.07, 6.45) is 0. The van der Waals surface area contributed by atoms with Crippen LogP contribution >= 0.6 is 0 Å². The van der Waals surface area contributed by atoms with E-state index in [1.165, 1.54) is 0 Å². The molecule has 3 N–H and O–H groups in total. The maximum atomic E-state index is 5.57. The largest absolute Gasteiger partial charge is 0.480 e. The lowest BCUT2D eigenvalue weighted by Gasteiger charge is -2.24. The minimum Gasteiger partial charge on any atom is -0.480 e. The third kappa shape index (κ3) is 2.85. The van der Waals surface area contributed by atoms with Crippen molar-refractivity contribution in [1.29, 1.82) is 0 Å². The number of ether oxygens (including phenoxy) is 1. The number of nitrogens with one attached hydrogen (secondary N) is 1. The molecule has 78 valence electrons. The van der Waals surface area contributed by atoms with Crippen molar-refractivity contribution in [1.82, 2.24) is 10.2 Å². The summed E-state index contributed by atoms with van der Waals surface area (Å²) >= 11 is 0. The molecular weight excluding hydrogens is 180 g/mol. The summed E-state index contributed by atoms with van der Waals surface area (Å²) in [6, 6.07) is 3.56. The fourth-order valence-electron chi connectivity index (χ4n) is 0.893. The van der Waals surface area contributed by atoms with Crippen molar-refractivity contribution in [3.05, 3.63) is 12.1 Å². The highest BCUT2D eigenvalue weighted by molar-refractivity contribution is 5.37. The number of aromatic nitrogens is 2. The van der Waals surface area contributed by atoms with Crippen molar-refractivity contribution in [2.24, 2.45) is 5.73 Å². The Morgan fingerprint density at radius 1 is 1.43 bits per heavy atom. The average molecular weight is 196 g/mol. The molecule has 0 aromatic carbocycles. The molecule has 0 saturated heterocycles. The van der Waals surface area contributed by atoms with Gasteiger partial charge in [-0.05, 0) is 19.9 Å². The molecule has 0 radical (unpaired) electrons. The second-order valence-electron chi connectivity index (χ2n) is 3.67. The molecule has 0 aliphatic carbocycles. The first-order valence-electron chi connectivity index (χ1n) is 4.43. The van der Waals surface area contributed by atoms with Crippen LogP contribution in [0.1, 0.15) is 13.8 Å². The van der Waals surface area contributed by atoms with Gasteiger partial charge in [-0.1, -0.05) is 0 Å². The molecule has 1 rings (SSSR count). The second kappa shape index (κ2) is 4.23. The zero-order valence-electron chi connectivity index (χ0n) is 8.74. The Labute approximate surface area is 83.7 Å². The first kappa shape index (κ1) is 10.7. The molecule has 0 spiro atoms. The molecule has 0 bridgehead atoms. The van der Waals surface area contributed by atoms with E-state index in [1.807, 2.05) is 19.9 Å². The zero-order chi connectivity index (χ0) is 10.6. The highest BCUT2D eigenvalue weighted by Gasteiger charge is 2.15. The van der Waals surface area contributed by atoms with Crippen molar-refractivity contribution >= 4 is 5.82 Å². The Balaban J connectivity index is 2.69. The van der Waals surface area contributed by atoms with Crippen LogP contribution in [0, 0.1) is 0 Å². The molecule has 0 fully saturated rings. The maximum Gasteiger partial charge on any atom is 0.233 e. The molecule has 0 aliphatic rings. The SMILES string of the molecule is COc1ccc(NC(C)(C)CN)nn1. The van der Waals surface area contributed by atoms with Crippen molar-refractivity contribution in [2.75, 3.05) is 19.0 Å². The standard InChI is InChI=1S/C9H16N4O/c1-9(2,6-10)11-7-4-5-8(14-3)13-12-7/h4-5H,6,10H2,1-3H3,(H,11,12). The van der Waals surface area contributed by atoms with Gasteiger partial charge in [0.15, 0.2) is 0 Å². The fourth-order valence-corrected chi connectivity index (χ4v) is 0.893. The predicted octanol–water partition coefficient (Wildman–Crippen LogP) is 0.634. The third-order valence-corrected chi connectivity index (χ3v) is 1.83. The maximum absolute atomic E-state index is 5.57. The fraction of sp³-hybridized carbons (Fsp3) is 0.556. The van der Waals surface area contributed by atoms with E-state index in [1.54, 1.807) is 13.2 Å². The summed E-state index contributed by atoms with van der Waals surface area (Å²) in [5, 5.41) is 10.9. The summed E-state index contributed by atoms with van der Waals surface area (Å²) in [7, 11) is 1.56. The summed E-state index contributed by atoms with van der Waals surface area (Å²) in [6.45, 7) is 4.53. The minimum absolute atomic E-state index is 0.177. The van der Waals surface area contributed by atoms with E-state index in [0.717, 1.165) is 0 Å². The van der Waals surface area contributed by atoms with Crippen molar-refractivity contribution in [3.63, 3.8) is 0 Å². The van der Waals surface area contributed by atoms with E-state index >= 15 is 0 Å². The summed E-state index contributed by atoms with van der Waals surface area (Å²) < 4.78 is 4.90. The van der Waals surface area contributed by atoms with Crippen molar-refractivity contribution < 1.29 is 4.74 Å². The van der Waals surface area contributed by atoms with Gasteiger partial charge in [0, 0.05) is 18.2 Å². The van der Waals surface area contributed by atoms with Gasteiger partial charge in [0.2, 0.25) is 5.88 Å². The zero-order valence-corrected chi connectivity index (χ0v) is 8.74. The predicted molar refractivity (Wildman–Crippen MR) is 55.3 cm³/mol. The Bertz CT molecular complexity index is 283. The molecule has 5 heteroatoms. The van der Waals surface area contributed by atoms with Gasteiger partial charge in [-0.15, -0.1) is 10.2 Å². The van der Waals surface area contributed by atoms with Gasteiger partial charge in [0.1, 0.15) is 5.82 Å². The molecule has 14 heavy (non-hydrogen) atoms. The Morgan fingerprint density at radius 3 is 2.57 bits per heavy atom. The van der Waals surface area contributed by atoms with Gasteiger partial charge in [-0.2, -0.15) is 0 Å². The van der Waals surface area contributed by atoms with Crippen LogP contribution in [0.15, 0.2) is 12.1 Å². The van der Waals surface area contributed by atoms with Gasteiger partial charge in [-0.25, -0.2) is 0 Å².